The largest absolute Gasteiger partial charge is 0.208 e. The van der Waals surface area contributed by atoms with E-state index < -0.39 is 0 Å². The molecule has 0 saturated carbocycles. The van der Waals surface area contributed by atoms with Gasteiger partial charge in [0.2, 0.25) is 0 Å². The van der Waals surface area contributed by atoms with Crippen LogP contribution in [0.1, 0.15) is 0 Å². The highest BCUT2D eigenvalue weighted by atomic mass is 32.1. The molecule has 0 spiro atoms. The Morgan fingerprint density at radius 2 is 0.400 bits per heavy atom. The van der Waals surface area contributed by atoms with Crippen LogP contribution >= 0.6 is 22.7 Å². The molecule has 0 aliphatic carbocycles. The van der Waals surface area contributed by atoms with Crippen LogP contribution in [0.5, 0.6) is 0 Å². The molecule has 0 saturated heterocycles. The zero-order valence-corrected chi connectivity index (χ0v) is 60.9. The maximum atomic E-state index is 5.50. The van der Waals surface area contributed by atoms with Gasteiger partial charge in [-0.25, -0.2) is 29.9 Å². The van der Waals surface area contributed by atoms with Crippen molar-refractivity contribution in [2.24, 2.45) is 0 Å². The summed E-state index contributed by atoms with van der Waals surface area (Å²) < 4.78 is 4.76. The SMILES string of the molecule is c1ccc(-c2nc(-c3ccc(-c4ccc(-c5ccc(-c6cccc(-c7nc(-c8ccc(-c9ccc(-c%10ccc(-c%11ccccc%11)c%11ccccc%10%11)cc9)c9ccccc89)nc(-c8cccc9c8sc8ccccc89)n7)c6)cc5-c5ccccc5)cc4)c4ccccc34)nc(-c3cccc4c3sc3ccccc34)n2)cc1. The van der Waals surface area contributed by atoms with Gasteiger partial charge in [0, 0.05) is 73.7 Å². The third-order valence-corrected chi connectivity index (χ3v) is 23.9. The van der Waals surface area contributed by atoms with Crippen molar-refractivity contribution in [3.63, 3.8) is 0 Å². The summed E-state index contributed by atoms with van der Waals surface area (Å²) in [5, 5.41) is 11.6. The van der Waals surface area contributed by atoms with Gasteiger partial charge in [-0.05, 0) is 159 Å². The van der Waals surface area contributed by atoms with Crippen LogP contribution in [0.25, 0.3) is 219 Å². The molecule has 0 N–H and O–H groups in total. The van der Waals surface area contributed by atoms with Crippen LogP contribution < -0.4 is 0 Å². The number of hydrogen-bond acceptors (Lipinski definition) is 8. The molecule has 17 aromatic carbocycles. The predicted octanol–water partition coefficient (Wildman–Crippen LogP) is 27.9. The van der Waals surface area contributed by atoms with E-state index in [0.717, 1.165) is 120 Å². The van der Waals surface area contributed by atoms with Crippen molar-refractivity contribution in [1.29, 1.82) is 0 Å². The van der Waals surface area contributed by atoms with E-state index in [1.54, 1.807) is 22.7 Å². The zero-order chi connectivity index (χ0) is 72.6. The quantitative estimate of drug-likeness (QED) is 0.114. The van der Waals surface area contributed by atoms with E-state index in [4.69, 9.17) is 29.9 Å². The van der Waals surface area contributed by atoms with Crippen LogP contribution in [-0.4, -0.2) is 29.9 Å². The topological polar surface area (TPSA) is 77.3 Å². The second-order valence-electron chi connectivity index (χ2n) is 27.9. The molecule has 0 bridgehead atoms. The molecule has 6 nitrogen and oxygen atoms in total. The molecule has 4 aromatic heterocycles. The van der Waals surface area contributed by atoms with Crippen LogP contribution in [0.2, 0.25) is 0 Å². The monoisotopic (exact) mass is 1430 g/mol. The molecule has 21 rings (SSSR count). The summed E-state index contributed by atoms with van der Waals surface area (Å²) in [6.45, 7) is 0. The third kappa shape index (κ3) is 11.4. The lowest BCUT2D eigenvalue weighted by molar-refractivity contribution is 1.08. The Labute approximate surface area is 643 Å². The van der Waals surface area contributed by atoms with Crippen molar-refractivity contribution < 1.29 is 0 Å². The lowest BCUT2D eigenvalue weighted by Crippen LogP contribution is -2.01. The molecular formula is C102H62N6S2. The van der Waals surface area contributed by atoms with Crippen molar-refractivity contribution in [3.8, 4) is 146 Å². The number of fused-ring (bicyclic) bond motifs is 9. The maximum absolute atomic E-state index is 5.50. The fourth-order valence-corrected chi connectivity index (χ4v) is 18.6. The van der Waals surface area contributed by atoms with Crippen LogP contribution in [0.15, 0.2) is 376 Å². The van der Waals surface area contributed by atoms with Gasteiger partial charge in [0.1, 0.15) is 0 Å². The molecular weight excluding hydrogens is 1370 g/mol. The number of benzene rings is 17. The minimum Gasteiger partial charge on any atom is -0.208 e. The second kappa shape index (κ2) is 27.1. The minimum absolute atomic E-state index is 0.592. The molecule has 0 unspecified atom stereocenters. The van der Waals surface area contributed by atoms with Crippen molar-refractivity contribution in [2.75, 3.05) is 0 Å². The number of rotatable bonds is 13. The molecule has 512 valence electrons. The number of hydrogen-bond donors (Lipinski definition) is 0. The molecule has 110 heavy (non-hydrogen) atoms. The summed E-state index contributed by atoms with van der Waals surface area (Å²) in [6.07, 6.45) is 0. The van der Waals surface area contributed by atoms with E-state index in [1.165, 1.54) is 64.0 Å². The minimum atomic E-state index is 0.592. The van der Waals surface area contributed by atoms with Gasteiger partial charge < -0.3 is 0 Å². The molecule has 4 heterocycles. The van der Waals surface area contributed by atoms with Gasteiger partial charge in [-0.3, -0.25) is 0 Å². The van der Waals surface area contributed by atoms with Crippen LogP contribution in [0.4, 0.5) is 0 Å². The Bertz CT molecular complexity index is 7200. The molecule has 0 atom stereocenters. The number of aromatic nitrogens is 6. The summed E-state index contributed by atoms with van der Waals surface area (Å²) in [5.41, 5.74) is 21.6. The fraction of sp³-hybridized carbons (Fsp3) is 0. The first kappa shape index (κ1) is 64.4. The zero-order valence-electron chi connectivity index (χ0n) is 59.3. The van der Waals surface area contributed by atoms with E-state index in [-0.39, 0.29) is 0 Å². The van der Waals surface area contributed by atoms with Crippen LogP contribution in [0, 0.1) is 0 Å². The lowest BCUT2D eigenvalue weighted by Gasteiger charge is -2.16. The highest BCUT2D eigenvalue weighted by molar-refractivity contribution is 7.26. The summed E-state index contributed by atoms with van der Waals surface area (Å²) in [6, 6.07) is 135. The van der Waals surface area contributed by atoms with Crippen molar-refractivity contribution in [3.05, 3.63) is 376 Å². The summed E-state index contributed by atoms with van der Waals surface area (Å²) in [4.78, 5) is 32.3. The molecule has 0 aliphatic heterocycles. The Morgan fingerprint density at radius 1 is 0.136 bits per heavy atom. The predicted molar refractivity (Wildman–Crippen MR) is 462 cm³/mol. The van der Waals surface area contributed by atoms with E-state index in [9.17, 15) is 0 Å². The van der Waals surface area contributed by atoms with E-state index in [2.05, 4.69) is 358 Å². The maximum Gasteiger partial charge on any atom is 0.165 e. The van der Waals surface area contributed by atoms with Gasteiger partial charge in [-0.1, -0.05) is 328 Å². The average Bonchev–Trinajstić information content (AvgIpc) is 1.48. The number of thiophene rings is 2. The van der Waals surface area contributed by atoms with Gasteiger partial charge in [-0.2, -0.15) is 0 Å². The first-order chi connectivity index (χ1) is 54.5. The van der Waals surface area contributed by atoms with Gasteiger partial charge >= 0.3 is 0 Å². The number of nitrogens with zero attached hydrogens (tertiary/aromatic N) is 6. The standard InChI is InChI=1S/C102H62N6S2/c1-4-23-63(24-5-1)73-55-56-74(79-32-11-10-31-78(73)79)65-45-47-66(48-46-65)75-58-60-89(83-36-15-13-34-81(75)83)100-105-98(106-102(108-100)91-42-22-40-87-85-38-17-19-44-94(85)110-96(87)91)72-30-20-29-70(61-72)71-53-54-77(92(62-71)64-25-6-2-7-26-64)68-51-49-67(50-52-68)76-57-59-88(82-35-14-12-33-80(76)82)99-103-97(69-27-8-3-9-28-69)104-101(107-99)90-41-21-39-86-84-37-16-18-43-93(84)109-95(86)90/h1-62H. The Hall–Kier alpha value is -14.0. The van der Waals surface area contributed by atoms with Crippen LogP contribution in [-0.2, 0) is 0 Å². The normalized spacial score (nSPS) is 11.6. The molecule has 0 fully saturated rings. The van der Waals surface area contributed by atoms with Crippen LogP contribution in [0.3, 0.4) is 0 Å². The lowest BCUT2D eigenvalue weighted by atomic mass is 9.89. The van der Waals surface area contributed by atoms with Gasteiger partial charge in [0.15, 0.2) is 34.9 Å². The summed E-state index contributed by atoms with van der Waals surface area (Å²) in [5.74, 6) is 3.72. The van der Waals surface area contributed by atoms with Crippen molar-refractivity contribution in [1.82, 2.24) is 29.9 Å². The average molecular weight is 1440 g/mol. The highest BCUT2D eigenvalue weighted by Gasteiger charge is 2.23. The highest BCUT2D eigenvalue weighted by Crippen LogP contribution is 2.46. The Morgan fingerprint density at radius 3 is 0.836 bits per heavy atom. The molecule has 8 heteroatoms. The van der Waals surface area contributed by atoms with E-state index in [0.29, 0.717) is 34.9 Å². The van der Waals surface area contributed by atoms with Crippen molar-refractivity contribution >= 4 is 95.3 Å². The summed E-state index contributed by atoms with van der Waals surface area (Å²) >= 11 is 3.56. The summed E-state index contributed by atoms with van der Waals surface area (Å²) in [7, 11) is 0. The van der Waals surface area contributed by atoms with Gasteiger partial charge in [0.25, 0.3) is 0 Å². The molecule has 21 aromatic rings. The smallest absolute Gasteiger partial charge is 0.165 e. The van der Waals surface area contributed by atoms with E-state index in [1.807, 2.05) is 18.2 Å². The van der Waals surface area contributed by atoms with E-state index >= 15 is 0 Å². The van der Waals surface area contributed by atoms with Gasteiger partial charge in [0.05, 0.1) is 0 Å². The molecule has 0 radical (unpaired) electrons. The third-order valence-electron chi connectivity index (χ3n) is 21.5. The van der Waals surface area contributed by atoms with Crippen molar-refractivity contribution in [2.45, 2.75) is 0 Å². The first-order valence-electron chi connectivity index (χ1n) is 37.0. The molecule has 0 aliphatic rings. The molecule has 0 amide bonds. The fourth-order valence-electron chi connectivity index (χ4n) is 16.2. The second-order valence-corrected chi connectivity index (χ2v) is 30.0. The van der Waals surface area contributed by atoms with Gasteiger partial charge in [-0.15, -0.1) is 22.7 Å². The Balaban J connectivity index is 0.631. The first-order valence-corrected chi connectivity index (χ1v) is 38.7. The Kier molecular flexibility index (Phi) is 15.9.